The summed E-state index contributed by atoms with van der Waals surface area (Å²) < 4.78 is 2.09. The summed E-state index contributed by atoms with van der Waals surface area (Å²) in [7, 11) is 1.85. The van der Waals surface area contributed by atoms with E-state index in [2.05, 4.69) is 20.1 Å². The van der Waals surface area contributed by atoms with Gasteiger partial charge in [-0.25, -0.2) is 4.98 Å². The fraction of sp³-hybridized carbons (Fsp3) is 0.385. The second-order valence-electron chi connectivity index (χ2n) is 4.48. The zero-order valence-electron chi connectivity index (χ0n) is 10.3. The van der Waals surface area contributed by atoms with E-state index in [1.807, 2.05) is 19.3 Å². The highest BCUT2D eigenvalue weighted by Crippen LogP contribution is 2.33. The third-order valence-electron chi connectivity index (χ3n) is 3.38. The van der Waals surface area contributed by atoms with Gasteiger partial charge in [0.2, 0.25) is 0 Å². The Hall–Kier alpha value is -1.55. The fourth-order valence-electron chi connectivity index (χ4n) is 2.43. The van der Waals surface area contributed by atoms with Crippen molar-refractivity contribution >= 4 is 17.4 Å². The van der Waals surface area contributed by atoms with E-state index in [1.165, 1.54) is 18.5 Å². The van der Waals surface area contributed by atoms with Crippen LogP contribution in [-0.2, 0) is 13.0 Å². The number of hydrogen-bond acceptors (Lipinski definition) is 3. The molecule has 1 aliphatic rings. The predicted molar refractivity (Wildman–Crippen MR) is 73.0 cm³/mol. The standard InChI is InChI=1S/C13H15ClN4/c1-15-13-6-9(11(14)8-16-13)10-7-17-18-5-3-2-4-12(10)18/h6-8H,2-5H2,1H3,(H,15,16). The van der Waals surface area contributed by atoms with Crippen molar-refractivity contribution in [3.63, 3.8) is 0 Å². The van der Waals surface area contributed by atoms with Crippen molar-refractivity contribution in [2.75, 3.05) is 12.4 Å². The maximum atomic E-state index is 6.26. The molecule has 3 rings (SSSR count). The molecule has 18 heavy (non-hydrogen) atoms. The van der Waals surface area contributed by atoms with E-state index < -0.39 is 0 Å². The summed E-state index contributed by atoms with van der Waals surface area (Å²) in [5, 5.41) is 8.16. The Kier molecular flexibility index (Phi) is 2.96. The van der Waals surface area contributed by atoms with E-state index in [0.29, 0.717) is 5.02 Å². The molecule has 4 nitrogen and oxygen atoms in total. The molecule has 0 bridgehead atoms. The Morgan fingerprint density at radius 3 is 3.00 bits per heavy atom. The lowest BCUT2D eigenvalue weighted by Crippen LogP contribution is -2.11. The molecule has 5 heteroatoms. The molecule has 0 unspecified atom stereocenters. The van der Waals surface area contributed by atoms with Gasteiger partial charge in [-0.2, -0.15) is 5.10 Å². The van der Waals surface area contributed by atoms with Gasteiger partial charge in [0.25, 0.3) is 0 Å². The van der Waals surface area contributed by atoms with E-state index in [9.17, 15) is 0 Å². The Balaban J connectivity index is 2.11. The molecule has 0 atom stereocenters. The van der Waals surface area contributed by atoms with Crippen LogP contribution in [0, 0.1) is 0 Å². The topological polar surface area (TPSA) is 42.7 Å². The molecular formula is C13H15ClN4. The number of aromatic nitrogens is 3. The van der Waals surface area contributed by atoms with Crippen LogP contribution in [0.4, 0.5) is 5.82 Å². The van der Waals surface area contributed by atoms with E-state index in [-0.39, 0.29) is 0 Å². The van der Waals surface area contributed by atoms with Gasteiger partial charge in [0.1, 0.15) is 5.82 Å². The number of nitrogens with zero attached hydrogens (tertiary/aromatic N) is 3. The van der Waals surface area contributed by atoms with Gasteiger partial charge in [0.05, 0.1) is 11.2 Å². The Morgan fingerprint density at radius 1 is 1.28 bits per heavy atom. The third-order valence-corrected chi connectivity index (χ3v) is 3.69. The first kappa shape index (κ1) is 11.5. The van der Waals surface area contributed by atoms with Gasteiger partial charge in [0, 0.05) is 36.6 Å². The smallest absolute Gasteiger partial charge is 0.126 e. The molecule has 3 heterocycles. The molecule has 94 valence electrons. The number of aryl methyl sites for hydroxylation is 1. The van der Waals surface area contributed by atoms with Gasteiger partial charge >= 0.3 is 0 Å². The number of anilines is 1. The average molecular weight is 263 g/mol. The molecule has 0 amide bonds. The van der Waals surface area contributed by atoms with Crippen molar-refractivity contribution < 1.29 is 0 Å². The number of nitrogens with one attached hydrogen (secondary N) is 1. The van der Waals surface area contributed by atoms with Crippen molar-refractivity contribution in [2.45, 2.75) is 25.8 Å². The Bertz CT molecular complexity index is 576. The summed E-state index contributed by atoms with van der Waals surface area (Å²) in [6.07, 6.45) is 7.11. The van der Waals surface area contributed by atoms with Gasteiger partial charge in [-0.1, -0.05) is 11.6 Å². The zero-order chi connectivity index (χ0) is 12.5. The third kappa shape index (κ3) is 1.86. The van der Waals surface area contributed by atoms with Crippen LogP contribution in [0.15, 0.2) is 18.5 Å². The number of hydrogen-bond donors (Lipinski definition) is 1. The van der Waals surface area contributed by atoms with E-state index in [4.69, 9.17) is 11.6 Å². The van der Waals surface area contributed by atoms with Crippen molar-refractivity contribution in [1.82, 2.24) is 14.8 Å². The molecule has 2 aromatic rings. The lowest BCUT2D eigenvalue weighted by atomic mass is 10.0. The van der Waals surface area contributed by atoms with Crippen LogP contribution in [0.2, 0.25) is 5.02 Å². The molecule has 0 saturated carbocycles. The average Bonchev–Trinajstić information content (AvgIpc) is 2.83. The summed E-state index contributed by atoms with van der Waals surface area (Å²) in [6, 6.07) is 1.98. The molecule has 0 aromatic carbocycles. The SMILES string of the molecule is CNc1cc(-c2cnn3c2CCCC3)c(Cl)cn1. The van der Waals surface area contributed by atoms with Crippen LogP contribution >= 0.6 is 11.6 Å². The summed E-state index contributed by atoms with van der Waals surface area (Å²) in [5.74, 6) is 0.824. The summed E-state index contributed by atoms with van der Waals surface area (Å²) in [6.45, 7) is 1.01. The molecule has 0 spiro atoms. The molecular weight excluding hydrogens is 248 g/mol. The van der Waals surface area contributed by atoms with Crippen LogP contribution in [-0.4, -0.2) is 21.8 Å². The highest BCUT2D eigenvalue weighted by Gasteiger charge is 2.18. The first-order chi connectivity index (χ1) is 8.79. The largest absolute Gasteiger partial charge is 0.373 e. The molecule has 1 aliphatic heterocycles. The molecule has 0 saturated heterocycles. The minimum atomic E-state index is 0.676. The Labute approximate surface area is 111 Å². The van der Waals surface area contributed by atoms with Gasteiger partial charge in [-0.15, -0.1) is 0 Å². The van der Waals surface area contributed by atoms with Crippen LogP contribution < -0.4 is 5.32 Å². The molecule has 0 aliphatic carbocycles. The quantitative estimate of drug-likeness (QED) is 0.905. The van der Waals surface area contributed by atoms with Crippen LogP contribution in [0.3, 0.4) is 0 Å². The highest BCUT2D eigenvalue weighted by molar-refractivity contribution is 6.33. The number of fused-ring (bicyclic) bond motifs is 1. The maximum absolute atomic E-state index is 6.26. The van der Waals surface area contributed by atoms with Crippen molar-refractivity contribution in [1.29, 1.82) is 0 Å². The molecule has 0 fully saturated rings. The van der Waals surface area contributed by atoms with Crippen molar-refractivity contribution in [3.05, 3.63) is 29.2 Å². The number of rotatable bonds is 2. The first-order valence-corrected chi connectivity index (χ1v) is 6.56. The number of halogens is 1. The van der Waals surface area contributed by atoms with E-state index >= 15 is 0 Å². The van der Waals surface area contributed by atoms with E-state index in [1.54, 1.807) is 6.20 Å². The van der Waals surface area contributed by atoms with Crippen molar-refractivity contribution in [2.24, 2.45) is 0 Å². The minimum Gasteiger partial charge on any atom is -0.373 e. The summed E-state index contributed by atoms with van der Waals surface area (Å²) in [5.41, 5.74) is 3.44. The summed E-state index contributed by atoms with van der Waals surface area (Å²) in [4.78, 5) is 4.21. The molecule has 2 aromatic heterocycles. The predicted octanol–water partition coefficient (Wildman–Crippen LogP) is 2.98. The van der Waals surface area contributed by atoms with Crippen LogP contribution in [0.5, 0.6) is 0 Å². The second-order valence-corrected chi connectivity index (χ2v) is 4.89. The maximum Gasteiger partial charge on any atom is 0.126 e. The monoisotopic (exact) mass is 262 g/mol. The molecule has 0 radical (unpaired) electrons. The van der Waals surface area contributed by atoms with Gasteiger partial charge < -0.3 is 5.32 Å². The molecule has 1 N–H and O–H groups in total. The normalized spacial score (nSPS) is 14.3. The first-order valence-electron chi connectivity index (χ1n) is 6.18. The Morgan fingerprint density at radius 2 is 2.17 bits per heavy atom. The highest BCUT2D eigenvalue weighted by atomic mass is 35.5. The van der Waals surface area contributed by atoms with Gasteiger partial charge in [-0.3, -0.25) is 4.68 Å². The van der Waals surface area contributed by atoms with E-state index in [0.717, 1.165) is 29.9 Å². The lowest BCUT2D eigenvalue weighted by Gasteiger charge is -2.15. The van der Waals surface area contributed by atoms with Crippen molar-refractivity contribution in [3.8, 4) is 11.1 Å². The van der Waals surface area contributed by atoms with Gasteiger partial charge in [0.15, 0.2) is 0 Å². The van der Waals surface area contributed by atoms with Crippen LogP contribution in [0.25, 0.3) is 11.1 Å². The van der Waals surface area contributed by atoms with Gasteiger partial charge in [-0.05, 0) is 25.3 Å². The van der Waals surface area contributed by atoms with Crippen LogP contribution in [0.1, 0.15) is 18.5 Å². The fourth-order valence-corrected chi connectivity index (χ4v) is 2.63. The minimum absolute atomic E-state index is 0.676. The summed E-state index contributed by atoms with van der Waals surface area (Å²) >= 11 is 6.26. The second kappa shape index (κ2) is 4.61. The zero-order valence-corrected chi connectivity index (χ0v) is 11.0. The lowest BCUT2D eigenvalue weighted by molar-refractivity contribution is 0.487. The number of pyridine rings is 1.